The second-order valence-electron chi connectivity index (χ2n) is 6.12. The molecule has 0 aliphatic rings. The number of anilines is 3. The molecule has 0 saturated heterocycles. The Balaban J connectivity index is 0.000000378. The molecule has 0 unspecified atom stereocenters. The average molecular weight is 510 g/mol. The van der Waals surface area contributed by atoms with Crippen molar-refractivity contribution in [2.24, 2.45) is 0 Å². The maximum Gasteiger partial charge on any atom is 0.221 e. The van der Waals surface area contributed by atoms with Crippen molar-refractivity contribution in [2.75, 3.05) is 37.3 Å². The van der Waals surface area contributed by atoms with Crippen LogP contribution in [-0.2, 0) is 14.4 Å². The summed E-state index contributed by atoms with van der Waals surface area (Å²) in [5.41, 5.74) is -0.474. The minimum absolute atomic E-state index is 0.0257. The fourth-order valence-corrected chi connectivity index (χ4v) is 1.92. The molecule has 0 radical (unpaired) electrons. The maximum atomic E-state index is 11.3. The SMILES string of the molecule is [2H]c1c([2H])c(OC)c([2H])c([2H])c1NC(=O)C([2H])([2H])[2H].[2H]c1c([2H])c(OC)c([2H])c([2H])c1NC(C)=O.[2H]c1cc(NC(C)=O)c([2H])c([2H])c1OC. The van der Waals surface area contributed by atoms with Crippen molar-refractivity contribution in [1.82, 2.24) is 0 Å². The third-order valence-electron chi connectivity index (χ3n) is 3.33. The van der Waals surface area contributed by atoms with Crippen LogP contribution in [0.25, 0.3) is 0 Å². The van der Waals surface area contributed by atoms with Gasteiger partial charge >= 0.3 is 0 Å². The van der Waals surface area contributed by atoms with Crippen LogP contribution in [0.2, 0.25) is 0 Å². The molecule has 0 aliphatic carbocycles. The van der Waals surface area contributed by atoms with Crippen LogP contribution in [0.1, 0.15) is 39.9 Å². The van der Waals surface area contributed by atoms with Gasteiger partial charge in [0.05, 0.1) is 36.4 Å². The van der Waals surface area contributed by atoms with Gasteiger partial charge in [0.2, 0.25) is 17.7 Å². The van der Waals surface area contributed by atoms with Gasteiger partial charge in [0, 0.05) is 41.9 Å². The third-order valence-corrected chi connectivity index (χ3v) is 3.33. The van der Waals surface area contributed by atoms with E-state index in [2.05, 4.69) is 10.6 Å². The molecule has 36 heavy (non-hydrogen) atoms. The topological polar surface area (TPSA) is 115 Å². The molecule has 3 rings (SSSR count). The molecule has 9 heteroatoms. The molecule has 0 heterocycles. The van der Waals surface area contributed by atoms with Gasteiger partial charge in [-0.05, 0) is 72.5 Å². The van der Waals surface area contributed by atoms with Gasteiger partial charge in [-0.3, -0.25) is 14.4 Å². The fraction of sp³-hybridized carbons (Fsp3) is 0.222. The van der Waals surface area contributed by atoms with Crippen molar-refractivity contribution in [3.8, 4) is 17.2 Å². The van der Waals surface area contributed by atoms with E-state index in [1.165, 1.54) is 41.2 Å². The van der Waals surface area contributed by atoms with Gasteiger partial charge in [0.1, 0.15) is 17.2 Å². The zero-order valence-electron chi connectivity index (χ0n) is 34.0. The molecular weight excluding hydrogens is 462 g/mol. The number of ether oxygens (including phenoxy) is 3. The standard InChI is InChI=1S/3C9H11NO2/c3*1-7(11)10-8-3-5-9(12-2)6-4-8/h3*3-6H,1-2H3,(H,10,11)/i1D3,3D,4D,5D,6D;3D,4D,5D,6D;3D,5D,6D. The van der Waals surface area contributed by atoms with Crippen LogP contribution < -0.4 is 30.2 Å². The van der Waals surface area contributed by atoms with Gasteiger partial charge in [0.25, 0.3) is 0 Å². The number of rotatable bonds is 6. The fourth-order valence-electron chi connectivity index (χ4n) is 1.92. The van der Waals surface area contributed by atoms with Crippen molar-refractivity contribution in [2.45, 2.75) is 20.7 Å². The van der Waals surface area contributed by atoms with Crippen LogP contribution in [-0.4, -0.2) is 39.1 Å². The molecule has 192 valence electrons. The van der Waals surface area contributed by atoms with Crippen molar-refractivity contribution < 1.29 is 47.8 Å². The van der Waals surface area contributed by atoms with Crippen LogP contribution in [0.3, 0.4) is 0 Å². The molecule has 0 aliphatic heterocycles. The monoisotopic (exact) mass is 509 g/mol. The minimum Gasteiger partial charge on any atom is -0.497 e. The largest absolute Gasteiger partial charge is 0.497 e. The lowest BCUT2D eigenvalue weighted by Crippen LogP contribution is -2.05. The summed E-state index contributed by atoms with van der Waals surface area (Å²) in [6, 6.07) is -2.50. The molecule has 0 aromatic heterocycles. The molecule has 0 saturated carbocycles. The summed E-state index contributed by atoms with van der Waals surface area (Å²) in [7, 11) is 3.79. The number of carbonyl (C=O) groups is 3. The second kappa shape index (κ2) is 16.2. The molecule has 3 amide bonds. The van der Waals surface area contributed by atoms with E-state index in [4.69, 9.17) is 33.4 Å². The molecular formula is C27H33N3O6. The van der Waals surface area contributed by atoms with E-state index < -0.39 is 48.5 Å². The summed E-state index contributed by atoms with van der Waals surface area (Å²) in [6.07, 6.45) is 0. The predicted octanol–water partition coefficient (Wildman–Crippen LogP) is 4.96. The highest BCUT2D eigenvalue weighted by atomic mass is 16.5. The number of hydrogen-bond donors (Lipinski definition) is 3. The Morgan fingerprint density at radius 2 is 0.917 bits per heavy atom. The Bertz CT molecular complexity index is 1730. The van der Waals surface area contributed by atoms with Crippen molar-refractivity contribution >= 4 is 34.8 Å². The van der Waals surface area contributed by atoms with Crippen molar-refractivity contribution in [3.05, 3.63) is 72.5 Å². The normalized spacial score (nSPS) is 15.0. The highest BCUT2D eigenvalue weighted by Gasteiger charge is 1.96. The quantitative estimate of drug-likeness (QED) is 0.433. The third kappa shape index (κ3) is 12.6. The lowest BCUT2D eigenvalue weighted by molar-refractivity contribution is -0.115. The lowest BCUT2D eigenvalue weighted by Gasteiger charge is -2.02. The van der Waals surface area contributed by atoms with Gasteiger partial charge in [0.15, 0.2) is 0 Å². The highest BCUT2D eigenvalue weighted by molar-refractivity contribution is 5.89. The Labute approximate surface area is 231 Å². The second-order valence-corrected chi connectivity index (χ2v) is 6.12. The highest BCUT2D eigenvalue weighted by Crippen LogP contribution is 2.16. The number of hydrogen-bond acceptors (Lipinski definition) is 6. The average Bonchev–Trinajstić information content (AvgIpc) is 3.02. The van der Waals surface area contributed by atoms with Crippen LogP contribution in [0.4, 0.5) is 17.1 Å². The maximum absolute atomic E-state index is 11.3. The molecule has 0 bridgehead atoms. The molecule has 0 spiro atoms. The van der Waals surface area contributed by atoms with Gasteiger partial charge in [-0.1, -0.05) is 0 Å². The molecule has 3 aromatic carbocycles. The van der Waals surface area contributed by atoms with E-state index in [0.717, 1.165) is 0 Å². The number of amides is 3. The lowest BCUT2D eigenvalue weighted by atomic mass is 10.3. The first-order valence-electron chi connectivity index (χ1n) is 16.8. The Morgan fingerprint density at radius 3 is 1.28 bits per heavy atom. The Kier molecular flexibility index (Phi) is 6.34. The summed E-state index contributed by atoms with van der Waals surface area (Å²) >= 11 is 0. The summed E-state index contributed by atoms with van der Waals surface area (Å²) in [5.74, 6) is -2.54. The first kappa shape index (κ1) is 14.1. The Morgan fingerprint density at radius 1 is 0.583 bits per heavy atom. The van der Waals surface area contributed by atoms with Crippen LogP contribution in [0.5, 0.6) is 17.2 Å². The van der Waals surface area contributed by atoms with E-state index in [1.807, 2.05) is 5.32 Å². The van der Waals surface area contributed by atoms with E-state index in [1.54, 1.807) is 0 Å². The van der Waals surface area contributed by atoms with E-state index in [9.17, 15) is 14.4 Å². The summed E-state index contributed by atoms with van der Waals surface area (Å²) in [4.78, 5) is 33.0. The van der Waals surface area contributed by atoms with E-state index >= 15 is 0 Å². The molecule has 0 atom stereocenters. The van der Waals surface area contributed by atoms with Gasteiger partial charge in [-0.15, -0.1) is 0 Å². The van der Waals surface area contributed by atoms with Crippen molar-refractivity contribution in [3.63, 3.8) is 0 Å². The molecule has 0 fully saturated rings. The zero-order chi connectivity index (χ0) is 39.0. The number of carbonyl (C=O) groups excluding carboxylic acids is 3. The number of methoxy groups -OCH3 is 3. The van der Waals surface area contributed by atoms with Gasteiger partial charge in [-0.25, -0.2) is 0 Å². The number of nitrogens with one attached hydrogen (secondary N) is 3. The summed E-state index contributed by atoms with van der Waals surface area (Å²) in [5, 5.41) is 6.53. The molecule has 3 N–H and O–H groups in total. The summed E-state index contributed by atoms with van der Waals surface area (Å²) < 4.78 is 118. The summed E-state index contributed by atoms with van der Waals surface area (Å²) in [6.45, 7) is -0.406. The molecule has 9 nitrogen and oxygen atoms in total. The van der Waals surface area contributed by atoms with Crippen LogP contribution in [0, 0.1) is 0 Å². The minimum atomic E-state index is -2.94. The van der Waals surface area contributed by atoms with Crippen LogP contribution >= 0.6 is 0 Å². The smallest absolute Gasteiger partial charge is 0.221 e. The predicted molar refractivity (Wildman–Crippen MR) is 142 cm³/mol. The van der Waals surface area contributed by atoms with Crippen LogP contribution in [0.15, 0.2) is 72.5 Å². The zero-order valence-corrected chi connectivity index (χ0v) is 20.0. The Hall–Kier alpha value is -4.53. The van der Waals surface area contributed by atoms with Crippen molar-refractivity contribution in [1.29, 1.82) is 0 Å². The van der Waals surface area contributed by atoms with Gasteiger partial charge in [-0.2, -0.15) is 0 Å². The van der Waals surface area contributed by atoms with E-state index in [-0.39, 0.29) is 76.8 Å². The first-order valence-corrected chi connectivity index (χ1v) is 9.78. The molecule has 3 aromatic rings. The van der Waals surface area contributed by atoms with Gasteiger partial charge < -0.3 is 30.2 Å². The first-order chi connectivity index (χ1) is 23.0. The number of benzene rings is 3. The van der Waals surface area contributed by atoms with E-state index in [0.29, 0.717) is 0 Å².